The lowest BCUT2D eigenvalue weighted by Gasteiger charge is -2.10. The summed E-state index contributed by atoms with van der Waals surface area (Å²) in [5.41, 5.74) is 1.37. The van der Waals surface area contributed by atoms with Crippen LogP contribution in [0.25, 0.3) is 0 Å². The van der Waals surface area contributed by atoms with E-state index in [2.05, 4.69) is 5.32 Å². The van der Waals surface area contributed by atoms with Crippen LogP contribution in [0.4, 0.5) is 14.5 Å². The Morgan fingerprint density at radius 3 is 2.76 bits per heavy atom. The van der Waals surface area contributed by atoms with Gasteiger partial charge >= 0.3 is 0 Å². The van der Waals surface area contributed by atoms with Crippen molar-refractivity contribution < 1.29 is 23.0 Å². The second-order valence-electron chi connectivity index (χ2n) is 4.51. The predicted octanol–water partition coefficient (Wildman–Crippen LogP) is 3.31. The molecule has 1 aliphatic heterocycles. The third-order valence-corrected chi connectivity index (χ3v) is 3.13. The molecule has 0 saturated heterocycles. The summed E-state index contributed by atoms with van der Waals surface area (Å²) in [5, 5.41) is 3.01. The number of rotatable bonds is 4. The Hall–Kier alpha value is -2.50. The number of fused-ring (bicyclic) bond motifs is 1. The van der Waals surface area contributed by atoms with Gasteiger partial charge in [0, 0.05) is 18.3 Å². The molecule has 0 amide bonds. The lowest BCUT2D eigenvalue weighted by molar-refractivity contribution is 0.171. The first kappa shape index (κ1) is 13.5. The van der Waals surface area contributed by atoms with Gasteiger partial charge in [-0.05, 0) is 29.8 Å². The van der Waals surface area contributed by atoms with Crippen LogP contribution in [0, 0.1) is 11.6 Å². The smallest absolute Gasteiger partial charge is 0.231 e. The maximum Gasteiger partial charge on any atom is 0.231 e. The van der Waals surface area contributed by atoms with E-state index in [-0.39, 0.29) is 6.79 Å². The fourth-order valence-corrected chi connectivity index (χ4v) is 2.10. The van der Waals surface area contributed by atoms with Crippen LogP contribution in [0.15, 0.2) is 30.3 Å². The first-order valence-corrected chi connectivity index (χ1v) is 6.33. The normalized spacial score (nSPS) is 12.3. The standard InChI is InChI=1S/C15H13F2NO3/c1-19-13-4-9(5-14-15(13)21-8-20-14)7-18-10-2-3-11(16)12(17)6-10/h2-6,18H,7-8H2,1H3. The van der Waals surface area contributed by atoms with Crippen molar-refractivity contribution in [2.75, 3.05) is 19.2 Å². The zero-order valence-corrected chi connectivity index (χ0v) is 11.3. The molecule has 0 aromatic heterocycles. The van der Waals surface area contributed by atoms with Gasteiger partial charge in [-0.15, -0.1) is 0 Å². The zero-order chi connectivity index (χ0) is 14.8. The van der Waals surface area contributed by atoms with Crippen molar-refractivity contribution >= 4 is 5.69 Å². The first-order chi connectivity index (χ1) is 10.2. The SMILES string of the molecule is COc1cc(CNc2ccc(F)c(F)c2)cc2c1OCO2. The van der Waals surface area contributed by atoms with Gasteiger partial charge < -0.3 is 19.5 Å². The van der Waals surface area contributed by atoms with Gasteiger partial charge in [0.15, 0.2) is 23.1 Å². The second-order valence-corrected chi connectivity index (χ2v) is 4.51. The van der Waals surface area contributed by atoms with Gasteiger partial charge in [-0.2, -0.15) is 0 Å². The van der Waals surface area contributed by atoms with Gasteiger partial charge in [0.1, 0.15) is 0 Å². The molecular formula is C15H13F2NO3. The molecule has 1 N–H and O–H groups in total. The number of methoxy groups -OCH3 is 1. The second kappa shape index (κ2) is 5.47. The fourth-order valence-electron chi connectivity index (χ4n) is 2.10. The van der Waals surface area contributed by atoms with E-state index in [0.29, 0.717) is 29.5 Å². The van der Waals surface area contributed by atoms with Crippen molar-refractivity contribution in [3.63, 3.8) is 0 Å². The highest BCUT2D eigenvalue weighted by Gasteiger charge is 2.19. The molecule has 0 saturated carbocycles. The summed E-state index contributed by atoms with van der Waals surface area (Å²) in [6.45, 7) is 0.573. The summed E-state index contributed by atoms with van der Waals surface area (Å²) in [5.74, 6) is 0.00571. The average molecular weight is 293 g/mol. The molecule has 0 radical (unpaired) electrons. The lowest BCUT2D eigenvalue weighted by atomic mass is 10.1. The molecular weight excluding hydrogens is 280 g/mol. The van der Waals surface area contributed by atoms with Crippen molar-refractivity contribution in [3.8, 4) is 17.2 Å². The van der Waals surface area contributed by atoms with Crippen LogP contribution in [-0.4, -0.2) is 13.9 Å². The largest absolute Gasteiger partial charge is 0.493 e. The van der Waals surface area contributed by atoms with E-state index in [4.69, 9.17) is 14.2 Å². The monoisotopic (exact) mass is 293 g/mol. The highest BCUT2D eigenvalue weighted by molar-refractivity contribution is 5.56. The number of hydrogen-bond acceptors (Lipinski definition) is 4. The molecule has 0 bridgehead atoms. The van der Waals surface area contributed by atoms with Crippen molar-refractivity contribution in [2.45, 2.75) is 6.54 Å². The van der Waals surface area contributed by atoms with Gasteiger partial charge in [0.2, 0.25) is 12.5 Å². The van der Waals surface area contributed by atoms with Gasteiger partial charge in [-0.1, -0.05) is 0 Å². The molecule has 2 aromatic carbocycles. The third-order valence-electron chi connectivity index (χ3n) is 3.13. The molecule has 0 fully saturated rings. The van der Waals surface area contributed by atoms with Crippen LogP contribution >= 0.6 is 0 Å². The van der Waals surface area contributed by atoms with Gasteiger partial charge in [-0.3, -0.25) is 0 Å². The molecule has 21 heavy (non-hydrogen) atoms. The highest BCUT2D eigenvalue weighted by Crippen LogP contribution is 2.41. The van der Waals surface area contributed by atoms with Crippen molar-refractivity contribution in [1.29, 1.82) is 0 Å². The van der Waals surface area contributed by atoms with Crippen LogP contribution in [0.2, 0.25) is 0 Å². The summed E-state index contributed by atoms with van der Waals surface area (Å²) < 4.78 is 41.9. The molecule has 0 unspecified atom stereocenters. The number of ether oxygens (including phenoxy) is 3. The average Bonchev–Trinajstić information content (AvgIpc) is 2.96. The molecule has 1 heterocycles. The zero-order valence-electron chi connectivity index (χ0n) is 11.3. The Morgan fingerprint density at radius 1 is 1.14 bits per heavy atom. The minimum Gasteiger partial charge on any atom is -0.493 e. The van der Waals surface area contributed by atoms with E-state index in [9.17, 15) is 8.78 Å². The summed E-state index contributed by atoms with van der Waals surface area (Å²) in [7, 11) is 1.55. The molecule has 2 aromatic rings. The summed E-state index contributed by atoms with van der Waals surface area (Å²) in [4.78, 5) is 0. The Kier molecular flexibility index (Phi) is 3.51. The minimum atomic E-state index is -0.886. The number of anilines is 1. The molecule has 0 atom stereocenters. The molecule has 0 aliphatic carbocycles. The van der Waals surface area contributed by atoms with E-state index in [1.54, 1.807) is 13.2 Å². The Bertz CT molecular complexity index is 676. The Balaban J connectivity index is 1.77. The van der Waals surface area contributed by atoms with Crippen molar-refractivity contribution in [2.24, 2.45) is 0 Å². The van der Waals surface area contributed by atoms with E-state index < -0.39 is 11.6 Å². The quantitative estimate of drug-likeness (QED) is 0.938. The van der Waals surface area contributed by atoms with Gasteiger partial charge in [-0.25, -0.2) is 8.78 Å². The summed E-state index contributed by atoms with van der Waals surface area (Å²) in [6.07, 6.45) is 0. The minimum absolute atomic E-state index is 0.158. The van der Waals surface area contributed by atoms with E-state index in [0.717, 1.165) is 17.7 Å². The Labute approximate surface area is 120 Å². The molecule has 110 valence electrons. The fraction of sp³-hybridized carbons (Fsp3) is 0.200. The van der Waals surface area contributed by atoms with Crippen molar-refractivity contribution in [1.82, 2.24) is 0 Å². The van der Waals surface area contributed by atoms with Crippen LogP contribution in [0.5, 0.6) is 17.2 Å². The van der Waals surface area contributed by atoms with Crippen LogP contribution in [0.1, 0.15) is 5.56 Å². The van der Waals surface area contributed by atoms with E-state index in [1.807, 2.05) is 6.07 Å². The van der Waals surface area contributed by atoms with Crippen LogP contribution < -0.4 is 19.5 Å². The maximum atomic E-state index is 13.1. The molecule has 3 rings (SSSR count). The number of nitrogens with one attached hydrogen (secondary N) is 1. The Morgan fingerprint density at radius 2 is 2.00 bits per heavy atom. The number of benzene rings is 2. The molecule has 4 nitrogen and oxygen atoms in total. The number of hydrogen-bond donors (Lipinski definition) is 1. The molecule has 6 heteroatoms. The highest BCUT2D eigenvalue weighted by atomic mass is 19.2. The van der Waals surface area contributed by atoms with Crippen LogP contribution in [0.3, 0.4) is 0 Å². The van der Waals surface area contributed by atoms with E-state index >= 15 is 0 Å². The molecule has 1 aliphatic rings. The third kappa shape index (κ3) is 2.69. The first-order valence-electron chi connectivity index (χ1n) is 6.33. The van der Waals surface area contributed by atoms with Gasteiger partial charge in [0.25, 0.3) is 0 Å². The maximum absolute atomic E-state index is 13.1. The van der Waals surface area contributed by atoms with E-state index in [1.165, 1.54) is 6.07 Å². The number of halogens is 2. The topological polar surface area (TPSA) is 39.7 Å². The lowest BCUT2D eigenvalue weighted by Crippen LogP contribution is -2.01. The summed E-state index contributed by atoms with van der Waals surface area (Å²) >= 11 is 0. The predicted molar refractivity (Wildman–Crippen MR) is 72.8 cm³/mol. The molecule has 0 spiro atoms. The summed E-state index contributed by atoms with van der Waals surface area (Å²) in [6, 6.07) is 7.29. The van der Waals surface area contributed by atoms with Gasteiger partial charge in [0.05, 0.1) is 7.11 Å². The van der Waals surface area contributed by atoms with Crippen molar-refractivity contribution in [3.05, 3.63) is 47.5 Å². The van der Waals surface area contributed by atoms with Crippen LogP contribution in [-0.2, 0) is 6.54 Å².